The first kappa shape index (κ1) is 12.1. The van der Waals surface area contributed by atoms with E-state index in [0.717, 1.165) is 18.7 Å². The van der Waals surface area contributed by atoms with E-state index in [1.54, 1.807) is 0 Å². The molecule has 0 radical (unpaired) electrons. The summed E-state index contributed by atoms with van der Waals surface area (Å²) in [6.45, 7) is 5.31. The smallest absolute Gasteiger partial charge is 0.252 e. The van der Waals surface area contributed by atoms with E-state index in [1.807, 2.05) is 13.8 Å². The van der Waals surface area contributed by atoms with Crippen LogP contribution in [0.5, 0.6) is 0 Å². The number of aromatic amines is 1. The minimum absolute atomic E-state index is 0.0894. The Morgan fingerprint density at radius 3 is 3.06 bits per heavy atom. The normalized spacial score (nSPS) is 16.8. The fourth-order valence-corrected chi connectivity index (χ4v) is 1.71. The zero-order valence-electron chi connectivity index (χ0n) is 10.3. The van der Waals surface area contributed by atoms with Crippen LogP contribution in [0.1, 0.15) is 38.4 Å². The van der Waals surface area contributed by atoms with E-state index < -0.39 is 0 Å². The third-order valence-corrected chi connectivity index (χ3v) is 2.75. The Bertz CT molecular complexity index is 426. The largest absolute Gasteiger partial charge is 0.377 e. The second-order valence-electron chi connectivity index (χ2n) is 4.44. The van der Waals surface area contributed by atoms with Crippen LogP contribution in [0.3, 0.4) is 0 Å². The third-order valence-electron chi connectivity index (χ3n) is 2.75. The van der Waals surface area contributed by atoms with E-state index in [4.69, 9.17) is 4.74 Å². The Balaban J connectivity index is 1.97. The van der Waals surface area contributed by atoms with E-state index >= 15 is 0 Å². The quantitative estimate of drug-likeness (QED) is 0.786. The first-order valence-electron chi connectivity index (χ1n) is 6.15. The maximum absolute atomic E-state index is 11.4. The second-order valence-corrected chi connectivity index (χ2v) is 4.44. The number of nitrogens with one attached hydrogen (secondary N) is 2. The van der Waals surface area contributed by atoms with Gasteiger partial charge < -0.3 is 15.0 Å². The maximum atomic E-state index is 11.4. The molecule has 1 saturated carbocycles. The number of aromatic nitrogens is 2. The van der Waals surface area contributed by atoms with Crippen molar-refractivity contribution in [3.05, 3.63) is 22.2 Å². The topological polar surface area (TPSA) is 67.0 Å². The lowest BCUT2D eigenvalue weighted by molar-refractivity contribution is 0.0855. The summed E-state index contributed by atoms with van der Waals surface area (Å²) in [5.41, 5.74) is -0.0894. The predicted octanol–water partition coefficient (Wildman–Crippen LogP) is 1.48. The minimum Gasteiger partial charge on any atom is -0.377 e. The molecule has 2 rings (SSSR count). The van der Waals surface area contributed by atoms with Crippen molar-refractivity contribution in [1.29, 1.82) is 0 Å². The lowest BCUT2D eigenvalue weighted by atomic mass is 10.3. The molecule has 1 aliphatic carbocycles. The summed E-state index contributed by atoms with van der Waals surface area (Å²) in [6, 6.07) is 1.49. The molecule has 0 bridgehead atoms. The van der Waals surface area contributed by atoms with Crippen LogP contribution in [0.2, 0.25) is 0 Å². The SMILES string of the molecule is CCOC(C)CNc1cc(=O)[nH]c(C2CC2)n1. The Kier molecular flexibility index (Phi) is 3.78. The van der Waals surface area contributed by atoms with Crippen LogP contribution in [-0.2, 0) is 4.74 Å². The van der Waals surface area contributed by atoms with Crippen LogP contribution in [0.15, 0.2) is 10.9 Å². The van der Waals surface area contributed by atoms with Gasteiger partial charge in [0.15, 0.2) is 0 Å². The zero-order chi connectivity index (χ0) is 12.3. The van der Waals surface area contributed by atoms with E-state index in [1.165, 1.54) is 6.07 Å². The molecular formula is C12H19N3O2. The first-order chi connectivity index (χ1) is 8.19. The summed E-state index contributed by atoms with van der Waals surface area (Å²) in [6.07, 6.45) is 2.37. The highest BCUT2D eigenvalue weighted by Gasteiger charge is 2.26. The maximum Gasteiger partial charge on any atom is 0.252 e. The van der Waals surface area contributed by atoms with E-state index in [0.29, 0.717) is 24.9 Å². The van der Waals surface area contributed by atoms with Gasteiger partial charge in [-0.05, 0) is 26.7 Å². The highest BCUT2D eigenvalue weighted by atomic mass is 16.5. The van der Waals surface area contributed by atoms with Crippen molar-refractivity contribution in [2.45, 2.75) is 38.7 Å². The van der Waals surface area contributed by atoms with Crippen LogP contribution in [0.4, 0.5) is 5.82 Å². The number of ether oxygens (including phenoxy) is 1. The van der Waals surface area contributed by atoms with E-state index in [2.05, 4.69) is 15.3 Å². The van der Waals surface area contributed by atoms with Crippen molar-refractivity contribution in [3.63, 3.8) is 0 Å². The highest BCUT2D eigenvalue weighted by Crippen LogP contribution is 2.37. The molecular weight excluding hydrogens is 218 g/mol. The molecule has 1 aromatic rings. The lowest BCUT2D eigenvalue weighted by Gasteiger charge is -2.13. The van der Waals surface area contributed by atoms with Gasteiger partial charge in [0.25, 0.3) is 5.56 Å². The van der Waals surface area contributed by atoms with Gasteiger partial charge in [0, 0.05) is 25.1 Å². The van der Waals surface area contributed by atoms with Crippen LogP contribution >= 0.6 is 0 Å². The van der Waals surface area contributed by atoms with Crippen molar-refractivity contribution in [3.8, 4) is 0 Å². The summed E-state index contributed by atoms with van der Waals surface area (Å²) in [7, 11) is 0. The molecule has 0 spiro atoms. The Hall–Kier alpha value is -1.36. The van der Waals surface area contributed by atoms with Crippen LogP contribution in [0, 0.1) is 0 Å². The molecule has 2 N–H and O–H groups in total. The third kappa shape index (κ3) is 3.56. The lowest BCUT2D eigenvalue weighted by Crippen LogP contribution is -2.22. The number of hydrogen-bond acceptors (Lipinski definition) is 4. The number of H-pyrrole nitrogens is 1. The predicted molar refractivity (Wildman–Crippen MR) is 66.4 cm³/mol. The van der Waals surface area contributed by atoms with Gasteiger partial charge in [-0.25, -0.2) is 4.98 Å². The van der Waals surface area contributed by atoms with Crippen LogP contribution < -0.4 is 10.9 Å². The Morgan fingerprint density at radius 1 is 1.65 bits per heavy atom. The fraction of sp³-hybridized carbons (Fsp3) is 0.667. The molecule has 5 heteroatoms. The molecule has 0 aliphatic heterocycles. The van der Waals surface area contributed by atoms with E-state index in [-0.39, 0.29) is 11.7 Å². The average molecular weight is 237 g/mol. The molecule has 0 amide bonds. The van der Waals surface area contributed by atoms with Crippen molar-refractivity contribution < 1.29 is 4.74 Å². The van der Waals surface area contributed by atoms with E-state index in [9.17, 15) is 4.79 Å². The van der Waals surface area contributed by atoms with Gasteiger partial charge in [-0.3, -0.25) is 4.79 Å². The van der Waals surface area contributed by atoms with Gasteiger partial charge in [-0.15, -0.1) is 0 Å². The molecule has 5 nitrogen and oxygen atoms in total. The van der Waals surface area contributed by atoms with Gasteiger partial charge in [0.2, 0.25) is 0 Å². The summed E-state index contributed by atoms with van der Waals surface area (Å²) >= 11 is 0. The summed E-state index contributed by atoms with van der Waals surface area (Å²) < 4.78 is 5.41. The minimum atomic E-state index is -0.0894. The molecule has 0 aromatic carbocycles. The summed E-state index contributed by atoms with van der Waals surface area (Å²) in [4.78, 5) is 18.6. The average Bonchev–Trinajstić information content (AvgIpc) is 3.10. The fourth-order valence-electron chi connectivity index (χ4n) is 1.71. The van der Waals surface area contributed by atoms with Crippen molar-refractivity contribution in [2.24, 2.45) is 0 Å². The zero-order valence-corrected chi connectivity index (χ0v) is 10.3. The molecule has 1 aromatic heterocycles. The summed E-state index contributed by atoms with van der Waals surface area (Å²) in [5, 5.41) is 3.14. The number of nitrogens with zero attached hydrogens (tertiary/aromatic N) is 1. The van der Waals surface area contributed by atoms with Crippen LogP contribution in [-0.4, -0.2) is 29.2 Å². The van der Waals surface area contributed by atoms with Crippen molar-refractivity contribution in [2.75, 3.05) is 18.5 Å². The second kappa shape index (κ2) is 5.31. The van der Waals surface area contributed by atoms with Gasteiger partial charge in [-0.2, -0.15) is 0 Å². The van der Waals surface area contributed by atoms with Crippen molar-refractivity contribution >= 4 is 5.82 Å². The van der Waals surface area contributed by atoms with Crippen LogP contribution in [0.25, 0.3) is 0 Å². The number of rotatable bonds is 6. The Morgan fingerprint density at radius 2 is 2.41 bits per heavy atom. The van der Waals surface area contributed by atoms with Gasteiger partial charge in [0.05, 0.1) is 6.10 Å². The highest BCUT2D eigenvalue weighted by molar-refractivity contribution is 5.34. The molecule has 1 atom stereocenters. The monoisotopic (exact) mass is 237 g/mol. The van der Waals surface area contributed by atoms with Gasteiger partial charge in [0.1, 0.15) is 11.6 Å². The molecule has 94 valence electrons. The standard InChI is InChI=1S/C12H19N3O2/c1-3-17-8(2)7-13-10-6-11(16)15-12(14-10)9-4-5-9/h6,8-9H,3-5,7H2,1-2H3,(H2,13,14,15,16). The first-order valence-corrected chi connectivity index (χ1v) is 6.15. The number of anilines is 1. The Labute approximate surface area is 101 Å². The van der Waals surface area contributed by atoms with Gasteiger partial charge >= 0.3 is 0 Å². The molecule has 1 heterocycles. The molecule has 1 fully saturated rings. The molecule has 17 heavy (non-hydrogen) atoms. The van der Waals surface area contributed by atoms with Gasteiger partial charge in [-0.1, -0.05) is 0 Å². The van der Waals surface area contributed by atoms with Crippen molar-refractivity contribution in [1.82, 2.24) is 9.97 Å². The molecule has 1 unspecified atom stereocenters. The molecule has 0 saturated heterocycles. The summed E-state index contributed by atoms with van der Waals surface area (Å²) in [5.74, 6) is 1.90. The molecule has 1 aliphatic rings. The number of hydrogen-bond donors (Lipinski definition) is 2.